The van der Waals surface area contributed by atoms with Crippen LogP contribution in [0.15, 0.2) is 35.6 Å². The number of aromatic nitrogens is 3. The highest BCUT2D eigenvalue weighted by atomic mass is 32.1. The van der Waals surface area contributed by atoms with Crippen molar-refractivity contribution < 1.29 is 0 Å². The minimum atomic E-state index is 0.562. The highest BCUT2D eigenvalue weighted by Crippen LogP contribution is 2.32. The first-order chi connectivity index (χ1) is 9.40. The molecule has 19 heavy (non-hydrogen) atoms. The maximum atomic E-state index is 4.62. The molecule has 0 spiro atoms. The quantitative estimate of drug-likeness (QED) is 0.775. The Bertz CT molecular complexity index is 778. The van der Waals surface area contributed by atoms with E-state index in [9.17, 15) is 0 Å². The Morgan fingerprint density at radius 1 is 1.16 bits per heavy atom. The van der Waals surface area contributed by atoms with E-state index in [0.29, 0.717) is 5.95 Å². The third-order valence-corrected chi connectivity index (χ3v) is 3.89. The number of nitrogens with one attached hydrogen (secondary N) is 1. The topological polar surface area (TPSA) is 63.1 Å². The molecule has 0 unspecified atom stereocenters. The predicted molar refractivity (Wildman–Crippen MR) is 76.2 cm³/mol. The van der Waals surface area contributed by atoms with E-state index in [2.05, 4.69) is 37.4 Å². The molecule has 5 nitrogen and oxygen atoms in total. The number of fused-ring (bicyclic) bond motifs is 3. The van der Waals surface area contributed by atoms with Crippen LogP contribution >= 0.6 is 11.3 Å². The lowest BCUT2D eigenvalue weighted by molar-refractivity contribution is 1.11. The zero-order valence-corrected chi connectivity index (χ0v) is 10.7. The van der Waals surface area contributed by atoms with Gasteiger partial charge in [0.2, 0.25) is 5.95 Å². The van der Waals surface area contributed by atoms with Gasteiger partial charge in [-0.2, -0.15) is 0 Å². The molecule has 6 heteroatoms. The summed E-state index contributed by atoms with van der Waals surface area (Å²) in [6.45, 7) is 0.757. The Morgan fingerprint density at radius 3 is 2.95 bits per heavy atom. The lowest BCUT2D eigenvalue weighted by Gasteiger charge is -1.97. The molecule has 1 aromatic carbocycles. The van der Waals surface area contributed by atoms with Crippen LogP contribution in [0.1, 0.15) is 11.1 Å². The Kier molecular flexibility index (Phi) is 2.28. The van der Waals surface area contributed by atoms with Gasteiger partial charge in [0.05, 0.1) is 16.8 Å². The van der Waals surface area contributed by atoms with Crippen molar-refractivity contribution in [2.24, 2.45) is 4.99 Å². The zero-order chi connectivity index (χ0) is 12.7. The summed E-state index contributed by atoms with van der Waals surface area (Å²) in [4.78, 5) is 17.2. The largest absolute Gasteiger partial charge is 0.300 e. The fourth-order valence-corrected chi connectivity index (χ4v) is 2.96. The average molecular weight is 267 g/mol. The Morgan fingerprint density at radius 2 is 2.05 bits per heavy atom. The van der Waals surface area contributed by atoms with Gasteiger partial charge in [-0.15, -0.1) is 0 Å². The molecule has 2 aromatic heterocycles. The molecular formula is C13H9N5S. The summed E-state index contributed by atoms with van der Waals surface area (Å²) in [7, 11) is 0. The van der Waals surface area contributed by atoms with Crippen molar-refractivity contribution in [1.82, 2.24) is 15.0 Å². The van der Waals surface area contributed by atoms with Crippen molar-refractivity contribution in [3.05, 3.63) is 41.7 Å². The molecule has 0 radical (unpaired) electrons. The number of benzene rings is 1. The van der Waals surface area contributed by atoms with Gasteiger partial charge in [-0.25, -0.2) is 15.0 Å². The Hall–Kier alpha value is -2.34. The highest BCUT2D eigenvalue weighted by Gasteiger charge is 2.14. The van der Waals surface area contributed by atoms with Crippen LogP contribution in [0, 0.1) is 0 Å². The van der Waals surface area contributed by atoms with Crippen LogP contribution in [0.2, 0.25) is 0 Å². The van der Waals surface area contributed by atoms with E-state index < -0.39 is 0 Å². The van der Waals surface area contributed by atoms with Crippen LogP contribution < -0.4 is 5.32 Å². The van der Waals surface area contributed by atoms with Crippen LogP contribution in [-0.2, 0) is 6.54 Å². The SMILES string of the molecule is C1=NCc2ccc3sc(Nc4ncccn4)nc3c21. The lowest BCUT2D eigenvalue weighted by Crippen LogP contribution is -1.94. The molecule has 92 valence electrons. The third kappa shape index (κ3) is 1.77. The maximum Gasteiger partial charge on any atom is 0.228 e. The van der Waals surface area contributed by atoms with Crippen LogP contribution in [0.4, 0.5) is 11.1 Å². The van der Waals surface area contributed by atoms with Crippen LogP contribution in [0.5, 0.6) is 0 Å². The second kappa shape index (κ2) is 4.10. The van der Waals surface area contributed by atoms with Crippen LogP contribution in [-0.4, -0.2) is 21.2 Å². The average Bonchev–Trinajstić information content (AvgIpc) is 3.04. The number of anilines is 2. The van der Waals surface area contributed by atoms with E-state index in [1.54, 1.807) is 29.8 Å². The number of hydrogen-bond acceptors (Lipinski definition) is 6. The summed E-state index contributed by atoms with van der Waals surface area (Å²) in [6, 6.07) is 6.00. The fourth-order valence-electron chi connectivity index (χ4n) is 2.09. The van der Waals surface area contributed by atoms with Gasteiger partial charge in [0.25, 0.3) is 0 Å². The maximum absolute atomic E-state index is 4.62. The molecule has 4 rings (SSSR count). The second-order valence-electron chi connectivity index (χ2n) is 4.17. The number of rotatable bonds is 2. The van der Waals surface area contributed by atoms with Crippen molar-refractivity contribution >= 4 is 38.8 Å². The van der Waals surface area contributed by atoms with Gasteiger partial charge < -0.3 is 5.32 Å². The van der Waals surface area contributed by atoms with Crippen molar-refractivity contribution in [1.29, 1.82) is 0 Å². The van der Waals surface area contributed by atoms with E-state index in [-0.39, 0.29) is 0 Å². The molecule has 1 aliphatic heterocycles. The first-order valence-corrected chi connectivity index (χ1v) is 6.68. The molecule has 0 amide bonds. The monoisotopic (exact) mass is 267 g/mol. The number of nitrogens with zero attached hydrogens (tertiary/aromatic N) is 4. The fraction of sp³-hybridized carbons (Fsp3) is 0.0769. The molecule has 0 fully saturated rings. The van der Waals surface area contributed by atoms with Crippen molar-refractivity contribution in [3.63, 3.8) is 0 Å². The highest BCUT2D eigenvalue weighted by molar-refractivity contribution is 7.22. The van der Waals surface area contributed by atoms with Gasteiger partial charge >= 0.3 is 0 Å². The molecule has 0 saturated heterocycles. The molecule has 3 heterocycles. The Labute approximate surface area is 113 Å². The van der Waals surface area contributed by atoms with Gasteiger partial charge in [-0.05, 0) is 17.7 Å². The molecule has 0 saturated carbocycles. The van der Waals surface area contributed by atoms with E-state index in [1.807, 2.05) is 6.21 Å². The van der Waals surface area contributed by atoms with Crippen molar-refractivity contribution in [2.45, 2.75) is 6.54 Å². The van der Waals surface area contributed by atoms with Gasteiger partial charge in [0.1, 0.15) is 0 Å². The Balaban J connectivity index is 1.78. The van der Waals surface area contributed by atoms with Crippen molar-refractivity contribution in [3.8, 4) is 0 Å². The van der Waals surface area contributed by atoms with Gasteiger partial charge in [0.15, 0.2) is 5.13 Å². The summed E-state index contributed by atoms with van der Waals surface area (Å²) < 4.78 is 1.14. The van der Waals surface area contributed by atoms with Crippen molar-refractivity contribution in [2.75, 3.05) is 5.32 Å². The zero-order valence-electron chi connectivity index (χ0n) is 9.87. The minimum absolute atomic E-state index is 0.562. The standard InChI is InChI=1S/C13H9N5S/c1-4-15-12(16-5-1)18-13-17-11-9-7-14-6-8(9)2-3-10(11)19-13/h1-5,7H,6H2,(H,15,16,17,18). The molecule has 0 bridgehead atoms. The first-order valence-electron chi connectivity index (χ1n) is 5.86. The summed E-state index contributed by atoms with van der Waals surface area (Å²) in [5.74, 6) is 0.562. The van der Waals surface area contributed by atoms with Gasteiger partial charge in [-0.1, -0.05) is 17.4 Å². The molecule has 1 N–H and O–H groups in total. The molecule has 1 aliphatic rings. The van der Waals surface area contributed by atoms with E-state index >= 15 is 0 Å². The van der Waals surface area contributed by atoms with E-state index in [1.165, 1.54) is 5.56 Å². The number of aliphatic imine (C=N–C) groups is 1. The number of thiazole rings is 1. The van der Waals surface area contributed by atoms with E-state index in [4.69, 9.17) is 0 Å². The molecule has 3 aromatic rings. The molecule has 0 atom stereocenters. The number of hydrogen-bond donors (Lipinski definition) is 1. The normalized spacial score (nSPS) is 12.8. The first kappa shape index (κ1) is 10.6. The van der Waals surface area contributed by atoms with Gasteiger partial charge in [-0.3, -0.25) is 4.99 Å². The van der Waals surface area contributed by atoms with E-state index in [0.717, 1.165) is 27.5 Å². The third-order valence-electron chi connectivity index (χ3n) is 2.96. The predicted octanol–water partition coefficient (Wildman–Crippen LogP) is 2.76. The van der Waals surface area contributed by atoms with Crippen LogP contribution in [0.25, 0.3) is 10.2 Å². The smallest absolute Gasteiger partial charge is 0.228 e. The minimum Gasteiger partial charge on any atom is -0.300 e. The summed E-state index contributed by atoms with van der Waals surface area (Å²) in [6.07, 6.45) is 5.31. The molecular weight excluding hydrogens is 258 g/mol. The lowest BCUT2D eigenvalue weighted by atomic mass is 10.1. The van der Waals surface area contributed by atoms with Gasteiger partial charge in [0, 0.05) is 24.2 Å². The summed E-state index contributed by atoms with van der Waals surface area (Å²) in [5.41, 5.74) is 3.37. The summed E-state index contributed by atoms with van der Waals surface area (Å²) >= 11 is 1.59. The second-order valence-corrected chi connectivity index (χ2v) is 5.20. The summed E-state index contributed by atoms with van der Waals surface area (Å²) in [5, 5.41) is 3.93. The molecule has 0 aliphatic carbocycles. The van der Waals surface area contributed by atoms with Crippen LogP contribution in [0.3, 0.4) is 0 Å².